The maximum absolute atomic E-state index is 5.28. The SMILES string of the molecule is CCNC(CC(C)C)c1ccc2cc(OC)ccc2c1. The van der Waals surface area contributed by atoms with E-state index in [0.717, 1.165) is 18.7 Å². The summed E-state index contributed by atoms with van der Waals surface area (Å²) in [5.74, 6) is 1.60. The van der Waals surface area contributed by atoms with Gasteiger partial charge in [-0.25, -0.2) is 0 Å². The quantitative estimate of drug-likeness (QED) is 0.832. The molecule has 0 spiro atoms. The molecule has 0 heterocycles. The topological polar surface area (TPSA) is 21.3 Å². The maximum atomic E-state index is 5.28. The Kier molecular flexibility index (Phi) is 5.02. The molecule has 2 nitrogen and oxygen atoms in total. The van der Waals surface area contributed by atoms with Crippen molar-refractivity contribution in [2.45, 2.75) is 33.2 Å². The van der Waals surface area contributed by atoms with Gasteiger partial charge in [-0.15, -0.1) is 0 Å². The van der Waals surface area contributed by atoms with E-state index in [1.54, 1.807) is 7.11 Å². The fourth-order valence-electron chi connectivity index (χ4n) is 2.64. The van der Waals surface area contributed by atoms with Gasteiger partial charge in [-0.05, 0) is 53.4 Å². The molecule has 0 amide bonds. The zero-order valence-corrected chi connectivity index (χ0v) is 12.9. The van der Waals surface area contributed by atoms with Gasteiger partial charge in [-0.1, -0.05) is 39.0 Å². The fraction of sp³-hybridized carbons (Fsp3) is 0.444. The molecular weight excluding hydrogens is 246 g/mol. The van der Waals surface area contributed by atoms with Gasteiger partial charge in [0.1, 0.15) is 5.75 Å². The standard InChI is InChI=1S/C18H25NO/c1-5-19-18(10-13(2)3)16-7-6-15-12-17(20-4)9-8-14(15)11-16/h6-9,11-13,18-19H,5,10H2,1-4H3. The first-order chi connectivity index (χ1) is 9.63. The zero-order valence-electron chi connectivity index (χ0n) is 12.9. The van der Waals surface area contributed by atoms with E-state index in [4.69, 9.17) is 4.74 Å². The highest BCUT2D eigenvalue weighted by Crippen LogP contribution is 2.27. The molecule has 0 saturated carbocycles. The summed E-state index contributed by atoms with van der Waals surface area (Å²) in [5, 5.41) is 6.10. The average Bonchev–Trinajstić information content (AvgIpc) is 2.45. The van der Waals surface area contributed by atoms with E-state index >= 15 is 0 Å². The van der Waals surface area contributed by atoms with E-state index < -0.39 is 0 Å². The van der Waals surface area contributed by atoms with Crippen LogP contribution < -0.4 is 10.1 Å². The van der Waals surface area contributed by atoms with E-state index in [1.807, 2.05) is 6.07 Å². The Labute approximate surface area is 122 Å². The lowest BCUT2D eigenvalue weighted by Gasteiger charge is -2.21. The van der Waals surface area contributed by atoms with Gasteiger partial charge in [0.25, 0.3) is 0 Å². The number of ether oxygens (including phenoxy) is 1. The van der Waals surface area contributed by atoms with Crippen LogP contribution in [0.25, 0.3) is 10.8 Å². The van der Waals surface area contributed by atoms with Crippen molar-refractivity contribution in [1.82, 2.24) is 5.32 Å². The normalized spacial score (nSPS) is 12.8. The van der Waals surface area contributed by atoms with Crippen LogP contribution in [-0.4, -0.2) is 13.7 Å². The Hall–Kier alpha value is -1.54. The summed E-state index contributed by atoms with van der Waals surface area (Å²) < 4.78 is 5.28. The molecule has 0 bridgehead atoms. The van der Waals surface area contributed by atoms with Gasteiger partial charge in [0.05, 0.1) is 7.11 Å². The van der Waals surface area contributed by atoms with Gasteiger partial charge in [0.2, 0.25) is 0 Å². The lowest BCUT2D eigenvalue weighted by Crippen LogP contribution is -2.22. The summed E-state index contributed by atoms with van der Waals surface area (Å²) in [6, 6.07) is 13.4. The third-order valence-electron chi connectivity index (χ3n) is 3.63. The van der Waals surface area contributed by atoms with Crippen molar-refractivity contribution in [2.24, 2.45) is 5.92 Å². The van der Waals surface area contributed by atoms with Gasteiger partial charge in [-0.2, -0.15) is 0 Å². The van der Waals surface area contributed by atoms with Crippen LogP contribution in [0.2, 0.25) is 0 Å². The number of rotatable bonds is 6. The molecule has 2 aromatic carbocycles. The molecule has 2 rings (SSSR count). The lowest BCUT2D eigenvalue weighted by molar-refractivity contribution is 0.415. The van der Waals surface area contributed by atoms with E-state index in [1.165, 1.54) is 16.3 Å². The van der Waals surface area contributed by atoms with Crippen molar-refractivity contribution in [2.75, 3.05) is 13.7 Å². The number of fused-ring (bicyclic) bond motifs is 1. The highest BCUT2D eigenvalue weighted by atomic mass is 16.5. The van der Waals surface area contributed by atoms with Crippen LogP contribution in [0.4, 0.5) is 0 Å². The minimum Gasteiger partial charge on any atom is -0.497 e. The van der Waals surface area contributed by atoms with E-state index in [9.17, 15) is 0 Å². The number of nitrogens with one attached hydrogen (secondary N) is 1. The summed E-state index contributed by atoms with van der Waals surface area (Å²) >= 11 is 0. The van der Waals surface area contributed by atoms with Gasteiger partial charge >= 0.3 is 0 Å². The molecule has 108 valence electrons. The molecule has 2 heteroatoms. The Morgan fingerprint density at radius 1 is 1.05 bits per heavy atom. The predicted octanol–water partition coefficient (Wildman–Crippen LogP) is 4.55. The largest absolute Gasteiger partial charge is 0.497 e. The van der Waals surface area contributed by atoms with Gasteiger partial charge in [0, 0.05) is 6.04 Å². The molecule has 0 saturated heterocycles. The Bertz CT molecular complexity index is 562. The highest BCUT2D eigenvalue weighted by molar-refractivity contribution is 5.84. The first-order valence-electron chi connectivity index (χ1n) is 7.45. The Balaban J connectivity index is 2.33. The van der Waals surface area contributed by atoms with Gasteiger partial charge in [0.15, 0.2) is 0 Å². The molecule has 1 atom stereocenters. The molecule has 0 radical (unpaired) electrons. The van der Waals surface area contributed by atoms with Crippen LogP contribution in [0.5, 0.6) is 5.75 Å². The van der Waals surface area contributed by atoms with E-state index in [0.29, 0.717) is 12.0 Å². The monoisotopic (exact) mass is 271 g/mol. The van der Waals surface area contributed by atoms with Crippen molar-refractivity contribution in [1.29, 1.82) is 0 Å². The molecular formula is C18H25NO. The molecule has 0 aliphatic heterocycles. The van der Waals surface area contributed by atoms with E-state index in [-0.39, 0.29) is 0 Å². The molecule has 2 aromatic rings. The van der Waals surface area contributed by atoms with Crippen molar-refractivity contribution in [3.05, 3.63) is 42.0 Å². The zero-order chi connectivity index (χ0) is 14.5. The lowest BCUT2D eigenvalue weighted by atomic mass is 9.95. The Morgan fingerprint density at radius 3 is 2.40 bits per heavy atom. The summed E-state index contributed by atoms with van der Waals surface area (Å²) in [5.41, 5.74) is 1.37. The van der Waals surface area contributed by atoms with Crippen LogP contribution in [0, 0.1) is 5.92 Å². The molecule has 20 heavy (non-hydrogen) atoms. The Morgan fingerprint density at radius 2 is 1.75 bits per heavy atom. The summed E-state index contributed by atoms with van der Waals surface area (Å²) in [7, 11) is 1.71. The first-order valence-corrected chi connectivity index (χ1v) is 7.45. The van der Waals surface area contributed by atoms with Crippen molar-refractivity contribution in [3.8, 4) is 5.75 Å². The maximum Gasteiger partial charge on any atom is 0.119 e. The van der Waals surface area contributed by atoms with Crippen molar-refractivity contribution < 1.29 is 4.74 Å². The molecule has 0 aliphatic rings. The molecule has 0 aromatic heterocycles. The van der Waals surface area contributed by atoms with Crippen molar-refractivity contribution >= 4 is 10.8 Å². The molecule has 1 unspecified atom stereocenters. The van der Waals surface area contributed by atoms with Crippen LogP contribution in [0.3, 0.4) is 0 Å². The summed E-state index contributed by atoms with van der Waals surface area (Å²) in [4.78, 5) is 0. The third kappa shape index (κ3) is 3.51. The van der Waals surface area contributed by atoms with Crippen LogP contribution in [0.15, 0.2) is 36.4 Å². The third-order valence-corrected chi connectivity index (χ3v) is 3.63. The second kappa shape index (κ2) is 6.76. The number of hydrogen-bond donors (Lipinski definition) is 1. The summed E-state index contributed by atoms with van der Waals surface area (Å²) in [6.45, 7) is 7.71. The van der Waals surface area contributed by atoms with Crippen molar-refractivity contribution in [3.63, 3.8) is 0 Å². The fourth-order valence-corrected chi connectivity index (χ4v) is 2.64. The second-order valence-corrected chi connectivity index (χ2v) is 5.71. The minimum atomic E-state index is 0.437. The molecule has 0 aliphatic carbocycles. The second-order valence-electron chi connectivity index (χ2n) is 5.71. The van der Waals surface area contributed by atoms with E-state index in [2.05, 4.69) is 56.4 Å². The molecule has 1 N–H and O–H groups in total. The van der Waals surface area contributed by atoms with Crippen LogP contribution in [-0.2, 0) is 0 Å². The van der Waals surface area contributed by atoms with Gasteiger partial charge < -0.3 is 10.1 Å². The average molecular weight is 271 g/mol. The number of methoxy groups -OCH3 is 1. The smallest absolute Gasteiger partial charge is 0.119 e. The van der Waals surface area contributed by atoms with Crippen LogP contribution in [0.1, 0.15) is 38.8 Å². The first kappa shape index (κ1) is 14.9. The number of benzene rings is 2. The van der Waals surface area contributed by atoms with Gasteiger partial charge in [-0.3, -0.25) is 0 Å². The summed E-state index contributed by atoms with van der Waals surface area (Å²) in [6.07, 6.45) is 1.16. The number of hydrogen-bond acceptors (Lipinski definition) is 2. The van der Waals surface area contributed by atoms with Crippen LogP contribution >= 0.6 is 0 Å². The molecule has 0 fully saturated rings. The predicted molar refractivity (Wildman–Crippen MR) is 86.4 cm³/mol. The minimum absolute atomic E-state index is 0.437. The highest BCUT2D eigenvalue weighted by Gasteiger charge is 2.12.